The molecule has 0 aromatic heterocycles. The van der Waals surface area contributed by atoms with E-state index in [1.54, 1.807) is 0 Å². The van der Waals surface area contributed by atoms with Gasteiger partial charge in [0.15, 0.2) is 0 Å². The molecule has 2 fully saturated rings. The van der Waals surface area contributed by atoms with Crippen molar-refractivity contribution in [3.05, 3.63) is 35.4 Å². The molecule has 2 aliphatic carbocycles. The Morgan fingerprint density at radius 3 is 2.25 bits per heavy atom. The van der Waals surface area contributed by atoms with Crippen molar-refractivity contribution >= 4 is 0 Å². The van der Waals surface area contributed by atoms with Gasteiger partial charge in [-0.3, -0.25) is 0 Å². The van der Waals surface area contributed by atoms with E-state index in [9.17, 15) is 13.9 Å². The van der Waals surface area contributed by atoms with Crippen molar-refractivity contribution in [2.24, 2.45) is 17.8 Å². The lowest BCUT2D eigenvalue weighted by atomic mass is 9.66. The van der Waals surface area contributed by atoms with E-state index in [2.05, 4.69) is 6.92 Å². The number of rotatable bonds is 4. The monoisotopic (exact) mass is 336 g/mol. The molecule has 0 unspecified atom stereocenters. The molecule has 134 valence electrons. The van der Waals surface area contributed by atoms with Crippen molar-refractivity contribution in [3.8, 4) is 0 Å². The second-order valence-corrected chi connectivity index (χ2v) is 8.06. The molecule has 1 N–H and O–H groups in total. The molecular weight excluding hydrogens is 306 g/mol. The molecule has 1 nitrogen and oxygen atoms in total. The van der Waals surface area contributed by atoms with Gasteiger partial charge in [-0.25, -0.2) is 8.78 Å². The van der Waals surface area contributed by atoms with Gasteiger partial charge in [-0.2, -0.15) is 0 Å². The van der Waals surface area contributed by atoms with Gasteiger partial charge < -0.3 is 5.11 Å². The van der Waals surface area contributed by atoms with Crippen LogP contribution in [0.15, 0.2) is 18.2 Å². The van der Waals surface area contributed by atoms with Gasteiger partial charge in [-0.15, -0.1) is 0 Å². The number of hydrogen-bond donors (Lipinski definition) is 1. The molecule has 0 atom stereocenters. The number of halogens is 2. The third kappa shape index (κ3) is 3.82. The fourth-order valence-electron chi connectivity index (χ4n) is 5.07. The second-order valence-electron chi connectivity index (χ2n) is 8.06. The first kappa shape index (κ1) is 17.8. The number of benzene rings is 1. The molecule has 1 aromatic carbocycles. The molecule has 0 spiro atoms. The molecule has 0 radical (unpaired) electrons. The quantitative estimate of drug-likeness (QED) is 0.720. The van der Waals surface area contributed by atoms with Crippen LogP contribution in [0.1, 0.15) is 76.7 Å². The van der Waals surface area contributed by atoms with E-state index >= 15 is 0 Å². The summed E-state index contributed by atoms with van der Waals surface area (Å²) in [7, 11) is 0. The van der Waals surface area contributed by atoms with E-state index < -0.39 is 17.2 Å². The standard InChI is InChI=1S/C21H30F2O/c1-2-3-15-4-6-16(7-5-15)17-10-12-21(24,13-11-17)19-14-18(22)8-9-20(19)23/h8-9,14-17,24H,2-7,10-13H2,1H3/t15?,16?,17-,21+. The average molecular weight is 336 g/mol. The van der Waals surface area contributed by atoms with Crippen LogP contribution in [0.5, 0.6) is 0 Å². The van der Waals surface area contributed by atoms with Gasteiger partial charge in [-0.05, 0) is 74.5 Å². The van der Waals surface area contributed by atoms with Gasteiger partial charge in [-0.1, -0.05) is 32.6 Å². The van der Waals surface area contributed by atoms with E-state index in [0.29, 0.717) is 18.8 Å². The Labute approximate surface area is 144 Å². The normalized spacial score (nSPS) is 34.2. The van der Waals surface area contributed by atoms with Gasteiger partial charge >= 0.3 is 0 Å². The van der Waals surface area contributed by atoms with E-state index in [4.69, 9.17) is 0 Å². The molecular formula is C21H30F2O. The van der Waals surface area contributed by atoms with E-state index in [1.165, 1.54) is 44.6 Å². The summed E-state index contributed by atoms with van der Waals surface area (Å²) < 4.78 is 27.5. The Kier molecular flexibility index (Phi) is 5.59. The summed E-state index contributed by atoms with van der Waals surface area (Å²) in [5, 5.41) is 10.9. The summed E-state index contributed by atoms with van der Waals surface area (Å²) in [6, 6.07) is 3.41. The zero-order valence-electron chi connectivity index (χ0n) is 14.7. The maximum atomic E-state index is 14.0. The maximum Gasteiger partial charge on any atom is 0.129 e. The highest BCUT2D eigenvalue weighted by Crippen LogP contribution is 2.46. The summed E-state index contributed by atoms with van der Waals surface area (Å²) >= 11 is 0. The average Bonchev–Trinajstić information content (AvgIpc) is 2.59. The summed E-state index contributed by atoms with van der Waals surface area (Å²) in [4.78, 5) is 0. The zero-order chi connectivity index (χ0) is 17.2. The lowest BCUT2D eigenvalue weighted by molar-refractivity contribution is -0.0288. The summed E-state index contributed by atoms with van der Waals surface area (Å²) in [5.74, 6) is 1.35. The van der Waals surface area contributed by atoms with Crippen molar-refractivity contribution in [1.82, 2.24) is 0 Å². The molecule has 0 amide bonds. The predicted molar refractivity (Wildman–Crippen MR) is 92.6 cm³/mol. The lowest BCUT2D eigenvalue weighted by Gasteiger charge is -2.41. The lowest BCUT2D eigenvalue weighted by Crippen LogP contribution is -2.35. The minimum Gasteiger partial charge on any atom is -0.385 e. The van der Waals surface area contributed by atoms with Crippen molar-refractivity contribution in [3.63, 3.8) is 0 Å². The van der Waals surface area contributed by atoms with Crippen LogP contribution in [-0.4, -0.2) is 5.11 Å². The van der Waals surface area contributed by atoms with Crippen molar-refractivity contribution < 1.29 is 13.9 Å². The fraction of sp³-hybridized carbons (Fsp3) is 0.714. The van der Waals surface area contributed by atoms with Crippen molar-refractivity contribution in [2.45, 2.75) is 76.7 Å². The highest BCUT2D eigenvalue weighted by atomic mass is 19.1. The molecule has 0 heterocycles. The van der Waals surface area contributed by atoms with Crippen LogP contribution in [0.3, 0.4) is 0 Å². The third-order valence-electron chi connectivity index (χ3n) is 6.54. The molecule has 2 aliphatic rings. The summed E-state index contributed by atoms with van der Waals surface area (Å²) in [5.41, 5.74) is -1.05. The van der Waals surface area contributed by atoms with E-state index in [0.717, 1.165) is 36.8 Å². The Bertz CT molecular complexity index is 541. The molecule has 3 rings (SSSR count). The van der Waals surface area contributed by atoms with Crippen molar-refractivity contribution in [1.29, 1.82) is 0 Å². The van der Waals surface area contributed by atoms with Gasteiger partial charge in [0.1, 0.15) is 11.6 Å². The Balaban J connectivity index is 1.58. The molecule has 1 aromatic rings. The molecule has 0 aliphatic heterocycles. The van der Waals surface area contributed by atoms with Gasteiger partial charge in [0.25, 0.3) is 0 Å². The maximum absolute atomic E-state index is 14.0. The molecule has 3 heteroatoms. The third-order valence-corrected chi connectivity index (χ3v) is 6.54. The summed E-state index contributed by atoms with van der Waals surface area (Å²) in [6.45, 7) is 2.26. The van der Waals surface area contributed by atoms with Crippen LogP contribution in [0.2, 0.25) is 0 Å². The Morgan fingerprint density at radius 2 is 1.62 bits per heavy atom. The van der Waals surface area contributed by atoms with Crippen LogP contribution in [-0.2, 0) is 5.60 Å². The molecule has 2 saturated carbocycles. The second kappa shape index (κ2) is 7.51. The van der Waals surface area contributed by atoms with Crippen molar-refractivity contribution in [2.75, 3.05) is 0 Å². The molecule has 24 heavy (non-hydrogen) atoms. The number of hydrogen-bond acceptors (Lipinski definition) is 1. The van der Waals surface area contributed by atoms with Gasteiger partial charge in [0.05, 0.1) is 5.60 Å². The largest absolute Gasteiger partial charge is 0.385 e. The molecule has 0 bridgehead atoms. The van der Waals surface area contributed by atoms with Crippen LogP contribution in [0.25, 0.3) is 0 Å². The topological polar surface area (TPSA) is 20.2 Å². The van der Waals surface area contributed by atoms with Crippen LogP contribution < -0.4 is 0 Å². The minimum absolute atomic E-state index is 0.146. The van der Waals surface area contributed by atoms with Crippen LogP contribution in [0.4, 0.5) is 8.78 Å². The smallest absolute Gasteiger partial charge is 0.129 e. The highest BCUT2D eigenvalue weighted by molar-refractivity contribution is 5.26. The zero-order valence-corrected chi connectivity index (χ0v) is 14.7. The minimum atomic E-state index is -1.19. The first-order chi connectivity index (χ1) is 11.5. The Morgan fingerprint density at radius 1 is 1.00 bits per heavy atom. The number of aliphatic hydroxyl groups is 1. The van der Waals surface area contributed by atoms with Gasteiger partial charge in [0, 0.05) is 5.56 Å². The summed E-state index contributed by atoms with van der Waals surface area (Å²) in [6.07, 6.45) is 10.9. The Hall–Kier alpha value is -0.960. The first-order valence-electron chi connectivity index (χ1n) is 9.69. The van der Waals surface area contributed by atoms with E-state index in [1.807, 2.05) is 0 Å². The predicted octanol–water partition coefficient (Wildman–Crippen LogP) is 5.95. The van der Waals surface area contributed by atoms with E-state index in [-0.39, 0.29) is 5.56 Å². The van der Waals surface area contributed by atoms with Crippen LogP contribution >= 0.6 is 0 Å². The SMILES string of the molecule is CCCC1CCC([C@H]2CC[C@](O)(c3cc(F)ccc3F)CC2)CC1. The fourth-order valence-corrected chi connectivity index (χ4v) is 5.07. The van der Waals surface area contributed by atoms with Crippen LogP contribution in [0, 0.1) is 29.4 Å². The first-order valence-corrected chi connectivity index (χ1v) is 9.69. The highest BCUT2D eigenvalue weighted by Gasteiger charge is 2.39. The van der Waals surface area contributed by atoms with Gasteiger partial charge in [0.2, 0.25) is 0 Å². The molecule has 0 saturated heterocycles.